The van der Waals surface area contributed by atoms with Gasteiger partial charge in [-0.3, -0.25) is 9.48 Å². The molecule has 0 fully saturated rings. The molecule has 0 aliphatic heterocycles. The number of nitrogens with two attached hydrogens (primary N) is 2. The molecule has 0 unspecified atom stereocenters. The Hall–Kier alpha value is -2.50. The second kappa shape index (κ2) is 4.64. The Bertz CT molecular complexity index is 623. The molecule has 0 radical (unpaired) electrons. The molecule has 4 N–H and O–H groups in total. The van der Waals surface area contributed by atoms with Gasteiger partial charge in [-0.05, 0) is 37.1 Å². The predicted molar refractivity (Wildman–Crippen MR) is 72.1 cm³/mol. The van der Waals surface area contributed by atoms with E-state index in [0.29, 0.717) is 22.9 Å². The maximum Gasteiger partial charge on any atom is 0.261 e. The Morgan fingerprint density at radius 3 is 2.32 bits per heavy atom. The second-order valence-corrected chi connectivity index (χ2v) is 4.47. The molecule has 0 saturated carbocycles. The predicted octanol–water partition coefficient (Wildman–Crippen LogP) is 1.51. The molecule has 1 heterocycles. The third-order valence-corrected chi connectivity index (χ3v) is 2.77. The van der Waals surface area contributed by atoms with Crippen LogP contribution in [0.3, 0.4) is 0 Å². The number of aryl methyl sites for hydroxylation is 3. The zero-order valence-corrected chi connectivity index (χ0v) is 11.1. The highest BCUT2D eigenvalue weighted by Crippen LogP contribution is 2.31. The van der Waals surface area contributed by atoms with E-state index in [0.717, 1.165) is 11.1 Å². The molecule has 0 spiro atoms. The molecule has 1 amide bonds. The summed E-state index contributed by atoms with van der Waals surface area (Å²) in [6.45, 7) is 3.68. The molecular formula is C13H16N4O2. The molecule has 100 valence electrons. The van der Waals surface area contributed by atoms with E-state index in [1.807, 2.05) is 13.8 Å². The van der Waals surface area contributed by atoms with Crippen LogP contribution in [0.1, 0.15) is 21.5 Å². The van der Waals surface area contributed by atoms with Gasteiger partial charge in [0.25, 0.3) is 5.88 Å². The number of primary amides is 1. The first-order valence-corrected chi connectivity index (χ1v) is 5.76. The standard InChI is InChI=1S/C13H16N4O2/c1-7-4-9(12(15)18)5-8(2)11(7)19-13-10(14)6-17(3)16-13/h4-6H,14H2,1-3H3,(H2,15,18). The van der Waals surface area contributed by atoms with Gasteiger partial charge >= 0.3 is 0 Å². The Kier molecular flexibility index (Phi) is 3.16. The number of anilines is 1. The molecule has 1 aromatic heterocycles. The van der Waals surface area contributed by atoms with Crippen LogP contribution in [-0.2, 0) is 7.05 Å². The lowest BCUT2D eigenvalue weighted by molar-refractivity contribution is 0.1000. The Balaban J connectivity index is 2.41. The number of ether oxygens (including phenoxy) is 1. The summed E-state index contributed by atoms with van der Waals surface area (Å²) in [5.74, 6) is 0.519. The molecule has 2 rings (SSSR count). The van der Waals surface area contributed by atoms with Gasteiger partial charge in [-0.2, -0.15) is 0 Å². The van der Waals surface area contributed by atoms with E-state index in [2.05, 4.69) is 5.10 Å². The molecule has 0 aliphatic rings. The third kappa shape index (κ3) is 2.52. The van der Waals surface area contributed by atoms with Gasteiger partial charge < -0.3 is 16.2 Å². The number of aromatic nitrogens is 2. The van der Waals surface area contributed by atoms with E-state index in [1.165, 1.54) is 0 Å². The van der Waals surface area contributed by atoms with Crippen molar-refractivity contribution in [3.8, 4) is 11.6 Å². The number of rotatable bonds is 3. The highest BCUT2D eigenvalue weighted by molar-refractivity contribution is 5.93. The quantitative estimate of drug-likeness (QED) is 0.874. The van der Waals surface area contributed by atoms with E-state index in [1.54, 1.807) is 30.1 Å². The molecule has 0 aliphatic carbocycles. The van der Waals surface area contributed by atoms with Crippen molar-refractivity contribution in [2.75, 3.05) is 5.73 Å². The van der Waals surface area contributed by atoms with Gasteiger partial charge in [0.15, 0.2) is 0 Å². The van der Waals surface area contributed by atoms with Gasteiger partial charge in [-0.1, -0.05) is 0 Å². The summed E-state index contributed by atoms with van der Waals surface area (Å²) in [6, 6.07) is 3.37. The van der Waals surface area contributed by atoms with Crippen LogP contribution >= 0.6 is 0 Å². The summed E-state index contributed by atoms with van der Waals surface area (Å²) in [6.07, 6.45) is 1.66. The number of hydrogen-bond donors (Lipinski definition) is 2. The van der Waals surface area contributed by atoms with Crippen molar-refractivity contribution in [3.05, 3.63) is 35.0 Å². The van der Waals surface area contributed by atoms with Gasteiger partial charge in [0.05, 0.1) is 6.20 Å². The first kappa shape index (κ1) is 12.9. The van der Waals surface area contributed by atoms with Crippen LogP contribution in [-0.4, -0.2) is 15.7 Å². The van der Waals surface area contributed by atoms with Gasteiger partial charge in [0.2, 0.25) is 5.91 Å². The van der Waals surface area contributed by atoms with Crippen LogP contribution in [0, 0.1) is 13.8 Å². The molecular weight excluding hydrogens is 244 g/mol. The highest BCUT2D eigenvalue weighted by atomic mass is 16.5. The zero-order valence-electron chi connectivity index (χ0n) is 11.1. The van der Waals surface area contributed by atoms with Crippen molar-refractivity contribution in [1.29, 1.82) is 0 Å². The number of carbonyl (C=O) groups excluding carboxylic acids is 1. The fourth-order valence-electron chi connectivity index (χ4n) is 1.92. The summed E-state index contributed by atoms with van der Waals surface area (Å²) in [4.78, 5) is 11.2. The fourth-order valence-corrected chi connectivity index (χ4v) is 1.92. The molecule has 6 heteroatoms. The Morgan fingerprint density at radius 1 is 1.32 bits per heavy atom. The number of amides is 1. The van der Waals surface area contributed by atoms with Gasteiger partial charge in [-0.25, -0.2) is 0 Å². The van der Waals surface area contributed by atoms with Crippen LogP contribution in [0.25, 0.3) is 0 Å². The van der Waals surface area contributed by atoms with E-state index in [9.17, 15) is 4.79 Å². The summed E-state index contributed by atoms with van der Waals surface area (Å²) >= 11 is 0. The lowest BCUT2D eigenvalue weighted by Gasteiger charge is -2.11. The van der Waals surface area contributed by atoms with Crippen LogP contribution in [0.2, 0.25) is 0 Å². The monoisotopic (exact) mass is 260 g/mol. The summed E-state index contributed by atoms with van der Waals surface area (Å²) in [7, 11) is 1.76. The lowest BCUT2D eigenvalue weighted by Crippen LogP contribution is -2.11. The highest BCUT2D eigenvalue weighted by Gasteiger charge is 2.13. The van der Waals surface area contributed by atoms with E-state index in [-0.39, 0.29) is 0 Å². The number of nitrogens with zero attached hydrogens (tertiary/aromatic N) is 2. The van der Waals surface area contributed by atoms with E-state index < -0.39 is 5.91 Å². The Morgan fingerprint density at radius 2 is 1.89 bits per heavy atom. The second-order valence-electron chi connectivity index (χ2n) is 4.47. The smallest absolute Gasteiger partial charge is 0.261 e. The number of hydrogen-bond acceptors (Lipinski definition) is 4. The first-order valence-electron chi connectivity index (χ1n) is 5.76. The van der Waals surface area contributed by atoms with Gasteiger partial charge in [0.1, 0.15) is 11.4 Å². The first-order chi connectivity index (χ1) is 8.88. The van der Waals surface area contributed by atoms with Crippen molar-refractivity contribution >= 4 is 11.6 Å². The van der Waals surface area contributed by atoms with Crippen LogP contribution < -0.4 is 16.2 Å². The van der Waals surface area contributed by atoms with Crippen LogP contribution in [0.4, 0.5) is 5.69 Å². The maximum absolute atomic E-state index is 11.2. The van der Waals surface area contributed by atoms with Crippen molar-refractivity contribution in [2.24, 2.45) is 12.8 Å². The van der Waals surface area contributed by atoms with Gasteiger partial charge in [-0.15, -0.1) is 5.10 Å². The average molecular weight is 260 g/mol. The molecule has 0 saturated heterocycles. The molecule has 19 heavy (non-hydrogen) atoms. The molecule has 0 bridgehead atoms. The summed E-state index contributed by atoms with van der Waals surface area (Å²) in [5.41, 5.74) is 13.6. The van der Waals surface area contributed by atoms with Crippen LogP contribution in [0.5, 0.6) is 11.6 Å². The van der Waals surface area contributed by atoms with Crippen molar-refractivity contribution < 1.29 is 9.53 Å². The van der Waals surface area contributed by atoms with Crippen LogP contribution in [0.15, 0.2) is 18.3 Å². The molecule has 1 aromatic carbocycles. The average Bonchev–Trinajstić information content (AvgIpc) is 2.62. The van der Waals surface area contributed by atoms with E-state index >= 15 is 0 Å². The number of carbonyl (C=O) groups is 1. The molecule has 0 atom stereocenters. The van der Waals surface area contributed by atoms with Crippen molar-refractivity contribution in [2.45, 2.75) is 13.8 Å². The number of benzene rings is 1. The zero-order chi connectivity index (χ0) is 14.2. The number of nitrogen functional groups attached to an aromatic ring is 1. The minimum absolute atomic E-state index is 0.348. The van der Waals surface area contributed by atoms with E-state index in [4.69, 9.17) is 16.2 Å². The normalized spacial score (nSPS) is 10.5. The Labute approximate surface area is 111 Å². The molecule has 6 nitrogen and oxygen atoms in total. The largest absolute Gasteiger partial charge is 0.435 e. The van der Waals surface area contributed by atoms with Gasteiger partial charge in [0, 0.05) is 12.6 Å². The van der Waals surface area contributed by atoms with Crippen molar-refractivity contribution in [3.63, 3.8) is 0 Å². The van der Waals surface area contributed by atoms with Crippen molar-refractivity contribution in [1.82, 2.24) is 9.78 Å². The topological polar surface area (TPSA) is 96.2 Å². The third-order valence-electron chi connectivity index (χ3n) is 2.77. The summed E-state index contributed by atoms with van der Waals surface area (Å²) < 4.78 is 7.29. The minimum Gasteiger partial charge on any atom is -0.435 e. The lowest BCUT2D eigenvalue weighted by atomic mass is 10.1. The summed E-state index contributed by atoms with van der Waals surface area (Å²) in [5, 5.41) is 4.12. The SMILES string of the molecule is Cc1cc(C(N)=O)cc(C)c1Oc1nn(C)cc1N. The molecule has 2 aromatic rings. The fraction of sp³-hybridized carbons (Fsp3) is 0.231. The minimum atomic E-state index is -0.463. The maximum atomic E-state index is 11.2.